The minimum atomic E-state index is -1.12. The molecule has 11 heteroatoms. The largest absolute Gasteiger partial charge is 0.497 e. The number of primary amides is 1. The zero-order chi connectivity index (χ0) is 27.2. The zero-order valence-corrected chi connectivity index (χ0v) is 21.7. The van der Waals surface area contributed by atoms with Crippen molar-refractivity contribution in [3.63, 3.8) is 0 Å². The summed E-state index contributed by atoms with van der Waals surface area (Å²) in [5.41, 5.74) is 12.2. The van der Waals surface area contributed by atoms with E-state index in [1.807, 2.05) is 30.3 Å². The van der Waals surface area contributed by atoms with E-state index in [-0.39, 0.29) is 29.4 Å². The Hall–Kier alpha value is -4.48. The summed E-state index contributed by atoms with van der Waals surface area (Å²) >= 11 is 0.754. The molecule has 0 aliphatic carbocycles. The topological polar surface area (TPSA) is 150 Å². The van der Waals surface area contributed by atoms with Crippen molar-refractivity contribution < 1.29 is 23.9 Å². The molecule has 0 spiro atoms. The smallest absolute Gasteiger partial charge is 0.273 e. The van der Waals surface area contributed by atoms with E-state index in [0.29, 0.717) is 17.0 Å². The highest BCUT2D eigenvalue weighted by Crippen LogP contribution is 2.37. The number of nitrogen functional groups attached to an aromatic ring is 1. The molecule has 4 rings (SSSR count). The molecule has 38 heavy (non-hydrogen) atoms. The van der Waals surface area contributed by atoms with Crippen LogP contribution < -0.4 is 26.4 Å². The van der Waals surface area contributed by atoms with E-state index in [9.17, 15) is 14.4 Å². The van der Waals surface area contributed by atoms with Gasteiger partial charge in [0.2, 0.25) is 5.91 Å². The lowest BCUT2D eigenvalue weighted by Gasteiger charge is -2.32. The van der Waals surface area contributed by atoms with Crippen LogP contribution in [0.25, 0.3) is 10.8 Å². The number of nitrogens with two attached hydrogens (primary N) is 2. The lowest BCUT2D eigenvalue weighted by Crippen LogP contribution is -2.44. The van der Waals surface area contributed by atoms with Crippen molar-refractivity contribution in [1.82, 2.24) is 9.69 Å². The van der Waals surface area contributed by atoms with Gasteiger partial charge >= 0.3 is 0 Å². The molecule has 0 saturated carbocycles. The number of anilines is 2. The van der Waals surface area contributed by atoms with E-state index < -0.39 is 23.8 Å². The summed E-state index contributed by atoms with van der Waals surface area (Å²) in [6, 6.07) is 18.7. The number of hydrogen-bond acceptors (Lipinski definition) is 8. The quantitative estimate of drug-likeness (QED) is 0.265. The Morgan fingerprint density at radius 2 is 1.74 bits per heavy atom. The molecule has 1 aromatic heterocycles. The normalized spacial score (nSPS) is 11.6. The van der Waals surface area contributed by atoms with E-state index in [1.165, 1.54) is 12.0 Å². The van der Waals surface area contributed by atoms with E-state index in [2.05, 4.69) is 9.69 Å². The van der Waals surface area contributed by atoms with Crippen molar-refractivity contribution in [2.75, 3.05) is 38.0 Å². The van der Waals surface area contributed by atoms with Gasteiger partial charge in [-0.1, -0.05) is 48.5 Å². The van der Waals surface area contributed by atoms with E-state index in [1.54, 1.807) is 43.5 Å². The van der Waals surface area contributed by atoms with Crippen LogP contribution in [0.2, 0.25) is 0 Å². The molecule has 0 bridgehead atoms. The molecule has 0 radical (unpaired) electrons. The number of nitrogens with one attached hydrogen (secondary N) is 1. The second kappa shape index (κ2) is 11.7. The zero-order valence-electron chi connectivity index (χ0n) is 20.8. The van der Waals surface area contributed by atoms with Crippen LogP contribution in [0.3, 0.4) is 0 Å². The fourth-order valence-electron chi connectivity index (χ4n) is 4.10. The SMILES string of the molecule is COCCNC(=O)C(c1ccc(OC)cc1)N(C(=O)c1snc(C(N)=O)c1N)c1cccc2ccccc12. The number of aromatic nitrogens is 1. The first kappa shape index (κ1) is 26.6. The number of benzene rings is 3. The highest BCUT2D eigenvalue weighted by atomic mass is 32.1. The molecule has 0 aliphatic rings. The van der Waals surface area contributed by atoms with Gasteiger partial charge in [-0.2, -0.15) is 4.37 Å². The molecular formula is C27H27N5O5S. The van der Waals surface area contributed by atoms with Crippen LogP contribution >= 0.6 is 11.5 Å². The van der Waals surface area contributed by atoms with Crippen molar-refractivity contribution in [2.45, 2.75) is 6.04 Å². The Morgan fingerprint density at radius 1 is 1.03 bits per heavy atom. The minimum absolute atomic E-state index is 0.00469. The average Bonchev–Trinajstić information content (AvgIpc) is 3.33. The Kier molecular flexibility index (Phi) is 8.19. The molecule has 0 fully saturated rings. The molecule has 1 atom stereocenters. The highest BCUT2D eigenvalue weighted by Gasteiger charge is 2.36. The van der Waals surface area contributed by atoms with E-state index in [0.717, 1.165) is 22.3 Å². The van der Waals surface area contributed by atoms with Crippen LogP contribution in [0.5, 0.6) is 5.75 Å². The molecule has 3 aromatic carbocycles. The number of hydrogen-bond donors (Lipinski definition) is 3. The molecule has 10 nitrogen and oxygen atoms in total. The van der Waals surface area contributed by atoms with Crippen LogP contribution in [0.15, 0.2) is 66.7 Å². The minimum Gasteiger partial charge on any atom is -0.497 e. The third kappa shape index (κ3) is 5.29. The number of rotatable bonds is 10. The second-order valence-corrected chi connectivity index (χ2v) is 9.04. The van der Waals surface area contributed by atoms with Gasteiger partial charge in [0.15, 0.2) is 5.69 Å². The molecule has 1 unspecified atom stereocenters. The Labute approximate surface area is 223 Å². The van der Waals surface area contributed by atoms with Crippen molar-refractivity contribution in [1.29, 1.82) is 0 Å². The molecule has 1 heterocycles. The van der Waals surface area contributed by atoms with Gasteiger partial charge in [-0.3, -0.25) is 19.3 Å². The number of methoxy groups -OCH3 is 2. The second-order valence-electron chi connectivity index (χ2n) is 8.27. The summed E-state index contributed by atoms with van der Waals surface area (Å²) in [7, 11) is 3.07. The summed E-state index contributed by atoms with van der Waals surface area (Å²) in [4.78, 5) is 41.2. The van der Waals surface area contributed by atoms with Gasteiger partial charge in [-0.25, -0.2) is 0 Å². The maximum absolute atomic E-state index is 14.3. The Bertz CT molecular complexity index is 1470. The van der Waals surface area contributed by atoms with Gasteiger partial charge in [-0.05, 0) is 40.7 Å². The molecule has 4 aromatic rings. The highest BCUT2D eigenvalue weighted by molar-refractivity contribution is 7.09. The van der Waals surface area contributed by atoms with E-state index in [4.69, 9.17) is 20.9 Å². The fourth-order valence-corrected chi connectivity index (χ4v) is 4.84. The third-order valence-corrected chi connectivity index (χ3v) is 6.80. The van der Waals surface area contributed by atoms with Crippen molar-refractivity contribution >= 4 is 51.4 Å². The first-order valence-electron chi connectivity index (χ1n) is 11.6. The van der Waals surface area contributed by atoms with E-state index >= 15 is 0 Å². The number of amides is 3. The number of carbonyl (C=O) groups is 3. The summed E-state index contributed by atoms with van der Waals surface area (Å²) < 4.78 is 14.4. The Balaban J connectivity index is 1.94. The first-order valence-corrected chi connectivity index (χ1v) is 12.4. The van der Waals surface area contributed by atoms with Crippen LogP contribution in [-0.4, -0.2) is 49.5 Å². The van der Waals surface area contributed by atoms with Crippen LogP contribution in [0.1, 0.15) is 31.8 Å². The molecule has 5 N–H and O–H groups in total. The maximum atomic E-state index is 14.3. The lowest BCUT2D eigenvalue weighted by atomic mass is 10.00. The van der Waals surface area contributed by atoms with Crippen molar-refractivity contribution in [2.24, 2.45) is 5.73 Å². The van der Waals surface area contributed by atoms with Crippen LogP contribution in [-0.2, 0) is 9.53 Å². The van der Waals surface area contributed by atoms with Crippen molar-refractivity contribution in [3.8, 4) is 5.75 Å². The third-order valence-electron chi connectivity index (χ3n) is 5.94. The maximum Gasteiger partial charge on any atom is 0.273 e. The fraction of sp³-hybridized carbons (Fsp3) is 0.185. The predicted molar refractivity (Wildman–Crippen MR) is 146 cm³/mol. The summed E-state index contributed by atoms with van der Waals surface area (Å²) in [6.07, 6.45) is 0. The summed E-state index contributed by atoms with van der Waals surface area (Å²) in [5, 5.41) is 4.45. The van der Waals surface area contributed by atoms with Gasteiger partial charge in [0.25, 0.3) is 11.8 Å². The number of ether oxygens (including phenoxy) is 2. The van der Waals surface area contributed by atoms with Crippen LogP contribution in [0.4, 0.5) is 11.4 Å². The van der Waals surface area contributed by atoms with Crippen LogP contribution in [0, 0.1) is 0 Å². The average molecular weight is 534 g/mol. The van der Waals surface area contributed by atoms with Gasteiger partial charge in [-0.15, -0.1) is 0 Å². The summed E-state index contributed by atoms with van der Waals surface area (Å²) in [6.45, 7) is 0.515. The standard InChI is InChI=1S/C27H27N5O5S/c1-36-15-14-30-26(34)23(17-10-12-18(37-2)13-11-17)32(20-9-5-7-16-6-3-4-8-19(16)20)27(35)24-21(28)22(25(29)33)31-38-24/h3-13,23H,14-15,28H2,1-2H3,(H2,29,33)(H,30,34). The monoisotopic (exact) mass is 533 g/mol. The molecule has 0 aliphatic heterocycles. The Morgan fingerprint density at radius 3 is 2.39 bits per heavy atom. The molecule has 196 valence electrons. The number of nitrogens with zero attached hydrogens (tertiary/aromatic N) is 2. The van der Waals surface area contributed by atoms with Gasteiger partial charge in [0.1, 0.15) is 16.7 Å². The first-order chi connectivity index (χ1) is 18.4. The van der Waals surface area contributed by atoms with Crippen molar-refractivity contribution in [3.05, 3.63) is 82.9 Å². The molecule has 0 saturated heterocycles. The number of fused-ring (bicyclic) bond motifs is 1. The molecule has 3 amide bonds. The van der Waals surface area contributed by atoms with Gasteiger partial charge < -0.3 is 26.3 Å². The van der Waals surface area contributed by atoms with Gasteiger partial charge in [0, 0.05) is 19.0 Å². The number of carbonyl (C=O) groups excluding carboxylic acids is 3. The predicted octanol–water partition coefficient (Wildman–Crippen LogP) is 3.14. The van der Waals surface area contributed by atoms with Gasteiger partial charge in [0.05, 0.1) is 25.1 Å². The summed E-state index contributed by atoms with van der Waals surface area (Å²) in [5.74, 6) is -1.30. The lowest BCUT2D eigenvalue weighted by molar-refractivity contribution is -0.122. The molecular weight excluding hydrogens is 506 g/mol.